The van der Waals surface area contributed by atoms with Gasteiger partial charge < -0.3 is 14.5 Å². The molecule has 0 amide bonds. The zero-order chi connectivity index (χ0) is 22.2. The summed E-state index contributed by atoms with van der Waals surface area (Å²) in [4.78, 5) is 30.2. The number of benzene rings is 1. The summed E-state index contributed by atoms with van der Waals surface area (Å²) in [5.41, 5.74) is 3.96. The first kappa shape index (κ1) is 21.6. The van der Waals surface area contributed by atoms with Crippen molar-refractivity contribution < 1.29 is 9.90 Å². The number of hydrogen-bond donors (Lipinski definition) is 1. The Morgan fingerprint density at radius 1 is 1.27 bits per heavy atom. The van der Waals surface area contributed by atoms with Crippen LogP contribution in [0.4, 0.5) is 5.82 Å². The monoisotopic (exact) mass is 403 g/mol. The normalized spacial score (nSPS) is 13.0. The van der Waals surface area contributed by atoms with Gasteiger partial charge in [-0.05, 0) is 62.6 Å². The molecule has 1 saturated carbocycles. The predicted octanol–water partition coefficient (Wildman–Crippen LogP) is 4.26. The second-order valence-corrected chi connectivity index (χ2v) is 7.43. The number of nitrogens with zero attached hydrogens (tertiary/aromatic N) is 3. The molecule has 154 valence electrons. The highest BCUT2D eigenvalue weighted by atomic mass is 16.4. The minimum Gasteiger partial charge on any atom is -0.477 e. The number of fused-ring (bicyclic) bond motifs is 1. The van der Waals surface area contributed by atoms with E-state index in [-0.39, 0.29) is 11.6 Å². The number of aromatic nitrogens is 2. The number of carbonyl (C=O) groups is 1. The molecule has 4 rings (SSSR count). The summed E-state index contributed by atoms with van der Waals surface area (Å²) in [6, 6.07) is 5.85. The van der Waals surface area contributed by atoms with E-state index in [9.17, 15) is 14.7 Å². The molecule has 2 aromatic heterocycles. The standard InChI is InChI=1S/C21H20BN3O3.C2H6/c1-11-8-13(9-23-20(11)24(3)22)15-6-7-16-18(12(15)2)25(14-4-5-14)10-17(19(16)26)21(27)28;1-2/h6-10,14H,4-5H2,1-3H3,(H,27,28);1-2H3. The quantitative estimate of drug-likeness (QED) is 0.659. The van der Waals surface area contributed by atoms with Gasteiger partial charge in [-0.2, -0.15) is 0 Å². The van der Waals surface area contributed by atoms with Gasteiger partial charge in [-0.3, -0.25) is 4.79 Å². The van der Waals surface area contributed by atoms with Gasteiger partial charge in [-0.1, -0.05) is 19.9 Å². The highest BCUT2D eigenvalue weighted by molar-refractivity contribution is 6.17. The van der Waals surface area contributed by atoms with Crippen LogP contribution >= 0.6 is 0 Å². The third-order valence-electron chi connectivity index (χ3n) is 5.31. The van der Waals surface area contributed by atoms with Gasteiger partial charge >= 0.3 is 5.97 Å². The minimum absolute atomic E-state index is 0.181. The first-order valence-corrected chi connectivity index (χ1v) is 10.2. The molecule has 1 fully saturated rings. The van der Waals surface area contributed by atoms with Gasteiger partial charge in [0, 0.05) is 29.4 Å². The van der Waals surface area contributed by atoms with Crippen molar-refractivity contribution in [2.75, 3.05) is 11.9 Å². The minimum atomic E-state index is -1.19. The summed E-state index contributed by atoms with van der Waals surface area (Å²) in [7, 11) is 7.55. The van der Waals surface area contributed by atoms with Crippen LogP contribution in [0.1, 0.15) is 54.2 Å². The Kier molecular flexibility index (Phi) is 6.01. The van der Waals surface area contributed by atoms with E-state index in [0.717, 1.165) is 40.6 Å². The van der Waals surface area contributed by atoms with Gasteiger partial charge in [-0.15, -0.1) is 0 Å². The van der Waals surface area contributed by atoms with Crippen LogP contribution in [0.3, 0.4) is 0 Å². The van der Waals surface area contributed by atoms with Crippen molar-refractivity contribution in [3.8, 4) is 11.1 Å². The van der Waals surface area contributed by atoms with Crippen LogP contribution in [0.15, 0.2) is 35.4 Å². The predicted molar refractivity (Wildman–Crippen MR) is 122 cm³/mol. The largest absolute Gasteiger partial charge is 0.477 e. The molecule has 0 atom stereocenters. The number of carboxylic acid groups (broad SMARTS) is 1. The van der Waals surface area contributed by atoms with Crippen LogP contribution in [0.25, 0.3) is 22.0 Å². The number of anilines is 1. The van der Waals surface area contributed by atoms with Crippen LogP contribution in [0.5, 0.6) is 0 Å². The molecule has 1 aliphatic carbocycles. The zero-order valence-electron chi connectivity index (χ0n) is 18.1. The topological polar surface area (TPSA) is 75.4 Å². The van der Waals surface area contributed by atoms with Crippen LogP contribution in [-0.4, -0.2) is 35.7 Å². The lowest BCUT2D eigenvalue weighted by Crippen LogP contribution is -2.19. The van der Waals surface area contributed by atoms with E-state index in [0.29, 0.717) is 11.2 Å². The highest BCUT2D eigenvalue weighted by Crippen LogP contribution is 2.39. The zero-order valence-corrected chi connectivity index (χ0v) is 18.1. The number of aromatic carboxylic acids is 1. The molecule has 30 heavy (non-hydrogen) atoms. The summed E-state index contributed by atoms with van der Waals surface area (Å²) >= 11 is 0. The summed E-state index contributed by atoms with van der Waals surface area (Å²) in [5.74, 6) is -0.493. The number of rotatable bonds is 4. The van der Waals surface area contributed by atoms with E-state index in [4.69, 9.17) is 7.98 Å². The third kappa shape index (κ3) is 3.72. The summed E-state index contributed by atoms with van der Waals surface area (Å²) in [6.07, 6.45) is 5.24. The Balaban J connectivity index is 0.00000124. The average Bonchev–Trinajstić information content (AvgIpc) is 3.55. The molecule has 6 nitrogen and oxygen atoms in total. The van der Waals surface area contributed by atoms with E-state index >= 15 is 0 Å². The second kappa shape index (κ2) is 8.34. The fourth-order valence-corrected chi connectivity index (χ4v) is 3.81. The van der Waals surface area contributed by atoms with Crippen molar-refractivity contribution in [1.29, 1.82) is 0 Å². The van der Waals surface area contributed by atoms with Gasteiger partial charge in [0.2, 0.25) is 13.4 Å². The molecular weight excluding hydrogens is 377 g/mol. The van der Waals surface area contributed by atoms with E-state index in [1.54, 1.807) is 19.3 Å². The molecule has 2 radical (unpaired) electrons. The molecule has 0 bridgehead atoms. The Labute approximate surface area is 177 Å². The maximum atomic E-state index is 12.7. The molecule has 0 spiro atoms. The summed E-state index contributed by atoms with van der Waals surface area (Å²) in [6.45, 7) is 7.92. The molecule has 0 aliphatic heterocycles. The molecule has 3 aromatic rings. The Bertz CT molecular complexity index is 1180. The average molecular weight is 403 g/mol. The van der Waals surface area contributed by atoms with E-state index < -0.39 is 11.4 Å². The van der Waals surface area contributed by atoms with Crippen molar-refractivity contribution in [1.82, 2.24) is 9.55 Å². The third-order valence-corrected chi connectivity index (χ3v) is 5.31. The molecule has 1 aromatic carbocycles. The van der Waals surface area contributed by atoms with E-state index in [1.165, 1.54) is 11.0 Å². The van der Waals surface area contributed by atoms with Crippen molar-refractivity contribution in [3.05, 3.63) is 57.5 Å². The summed E-state index contributed by atoms with van der Waals surface area (Å²) in [5, 5.41) is 9.86. The van der Waals surface area contributed by atoms with Gasteiger partial charge in [0.15, 0.2) is 0 Å². The van der Waals surface area contributed by atoms with Crippen molar-refractivity contribution in [3.63, 3.8) is 0 Å². The molecule has 1 N–H and O–H groups in total. The van der Waals surface area contributed by atoms with Gasteiger partial charge in [0.05, 0.1) is 5.52 Å². The molecule has 1 aliphatic rings. The van der Waals surface area contributed by atoms with Crippen molar-refractivity contribution in [2.45, 2.75) is 46.6 Å². The molecule has 2 heterocycles. The molecule has 7 heteroatoms. The van der Waals surface area contributed by atoms with Gasteiger partial charge in [-0.25, -0.2) is 9.78 Å². The first-order valence-electron chi connectivity index (χ1n) is 10.2. The summed E-state index contributed by atoms with van der Waals surface area (Å²) < 4.78 is 1.96. The maximum absolute atomic E-state index is 12.7. The lowest BCUT2D eigenvalue weighted by atomic mass is 9.96. The van der Waals surface area contributed by atoms with Crippen LogP contribution in [0, 0.1) is 13.8 Å². The number of pyridine rings is 2. The first-order chi connectivity index (χ1) is 14.3. The van der Waals surface area contributed by atoms with Gasteiger partial charge in [0.25, 0.3) is 0 Å². The lowest BCUT2D eigenvalue weighted by Gasteiger charge is -2.18. The smallest absolute Gasteiger partial charge is 0.341 e. The molecular formula is C23H26BN3O3. The molecule has 0 saturated heterocycles. The lowest BCUT2D eigenvalue weighted by molar-refractivity contribution is 0.0695. The number of carboxylic acids is 1. The van der Waals surface area contributed by atoms with E-state index in [2.05, 4.69) is 4.98 Å². The molecule has 0 unspecified atom stereocenters. The fourth-order valence-electron chi connectivity index (χ4n) is 3.81. The van der Waals surface area contributed by atoms with Gasteiger partial charge in [0.1, 0.15) is 11.4 Å². The van der Waals surface area contributed by atoms with E-state index in [1.807, 2.05) is 44.4 Å². The second-order valence-electron chi connectivity index (χ2n) is 7.43. The van der Waals surface area contributed by atoms with Crippen LogP contribution in [-0.2, 0) is 0 Å². The Morgan fingerprint density at radius 3 is 2.47 bits per heavy atom. The number of aryl methyl sites for hydroxylation is 2. The SMILES string of the molecule is CC.[B]N(C)c1ncc(-c2ccc3c(=O)c(C(=O)O)cn(C4CC4)c3c2C)cc1C. The Hall–Kier alpha value is -3.09. The highest BCUT2D eigenvalue weighted by Gasteiger charge is 2.28. The van der Waals surface area contributed by atoms with Crippen molar-refractivity contribution in [2.24, 2.45) is 0 Å². The van der Waals surface area contributed by atoms with Crippen LogP contribution < -0.4 is 10.2 Å². The Morgan fingerprint density at radius 2 is 1.93 bits per heavy atom. The number of hydrogen-bond acceptors (Lipinski definition) is 4. The van der Waals surface area contributed by atoms with Crippen LogP contribution in [0.2, 0.25) is 0 Å². The van der Waals surface area contributed by atoms with Crippen molar-refractivity contribution >= 4 is 30.7 Å². The fraction of sp³-hybridized carbons (Fsp3) is 0.348. The maximum Gasteiger partial charge on any atom is 0.341 e.